The van der Waals surface area contributed by atoms with Gasteiger partial charge in [-0.2, -0.15) is 0 Å². The fourth-order valence-electron chi connectivity index (χ4n) is 3.90. The maximum absolute atomic E-state index is 12.9. The Morgan fingerprint density at radius 2 is 1.69 bits per heavy atom. The molecule has 2 aliphatic rings. The first-order valence-electron chi connectivity index (χ1n) is 8.97. The van der Waals surface area contributed by atoms with Gasteiger partial charge in [0.05, 0.1) is 12.0 Å². The number of carbonyl (C=O) groups excluding carboxylic acids is 3. The predicted octanol–water partition coefficient (Wildman–Crippen LogP) is -1.73. The van der Waals surface area contributed by atoms with Gasteiger partial charge in [-0.25, -0.2) is 0 Å². The third-order valence-electron chi connectivity index (χ3n) is 5.21. The van der Waals surface area contributed by atoms with Crippen LogP contribution in [0.1, 0.15) is 24.2 Å². The molecule has 29 heavy (non-hydrogen) atoms. The quantitative estimate of drug-likeness (QED) is 0.471. The third-order valence-corrected chi connectivity index (χ3v) is 6.78. The molecule has 2 saturated heterocycles. The second-order valence-corrected chi connectivity index (χ2v) is 9.21. The molecule has 0 aliphatic carbocycles. The molecule has 2 aromatic rings. The van der Waals surface area contributed by atoms with Crippen molar-refractivity contribution >= 4 is 29.5 Å². The summed E-state index contributed by atoms with van der Waals surface area (Å²) in [6.07, 6.45) is 0. The number of amides is 2. The normalized spacial score (nSPS) is 24.1. The van der Waals surface area contributed by atoms with Gasteiger partial charge >= 0.3 is 29.6 Å². The summed E-state index contributed by atoms with van der Waals surface area (Å²) >= 11 is 1.37. The zero-order valence-electron chi connectivity index (χ0n) is 16.4. The Bertz CT molecular complexity index is 966. The largest absolute Gasteiger partial charge is 1.00 e. The van der Waals surface area contributed by atoms with E-state index in [0.717, 1.165) is 11.1 Å². The van der Waals surface area contributed by atoms with Gasteiger partial charge in [-0.15, -0.1) is 11.8 Å². The van der Waals surface area contributed by atoms with Crippen LogP contribution in [0.3, 0.4) is 0 Å². The molecule has 2 amide bonds. The van der Waals surface area contributed by atoms with Crippen LogP contribution in [0.2, 0.25) is 0 Å². The molecule has 8 heteroatoms. The summed E-state index contributed by atoms with van der Waals surface area (Å²) in [7, 11) is 0. The Hall–Kier alpha value is -1.80. The fraction of sp³-hybridized carbons (Fsp3) is 0.286. The fourth-order valence-corrected chi connectivity index (χ4v) is 5.52. The number of rotatable bonds is 4. The number of carboxylic acids is 1. The molecule has 0 spiro atoms. The molecule has 4 rings (SSSR count). The molecule has 2 fully saturated rings. The van der Waals surface area contributed by atoms with E-state index in [1.54, 1.807) is 26.0 Å². The maximum atomic E-state index is 12.9. The SMILES string of the molecule is CC1(C)S[C@@H]2C(NC(=O)c3ccccc3-c3ccccc3)C(=O)N2[C@H]1C(=O)[O-].[Na+]. The summed E-state index contributed by atoms with van der Waals surface area (Å²) in [5.41, 5.74) is 2.15. The molecule has 1 unspecified atom stereocenters. The minimum absolute atomic E-state index is 0. The number of hydrogen-bond donors (Lipinski definition) is 1. The Balaban J connectivity index is 0.00000240. The summed E-state index contributed by atoms with van der Waals surface area (Å²) in [6, 6.07) is 15.0. The van der Waals surface area contributed by atoms with Crippen LogP contribution in [0.5, 0.6) is 0 Å². The zero-order chi connectivity index (χ0) is 20.1. The second kappa shape index (κ2) is 8.14. The van der Waals surface area contributed by atoms with Crippen LogP contribution in [-0.2, 0) is 9.59 Å². The van der Waals surface area contributed by atoms with Crippen molar-refractivity contribution in [3.63, 3.8) is 0 Å². The average molecular weight is 418 g/mol. The van der Waals surface area contributed by atoms with Gasteiger partial charge in [0, 0.05) is 10.3 Å². The summed E-state index contributed by atoms with van der Waals surface area (Å²) in [4.78, 5) is 38.3. The van der Waals surface area contributed by atoms with E-state index in [1.165, 1.54) is 16.7 Å². The van der Waals surface area contributed by atoms with Gasteiger partial charge in [-0.05, 0) is 31.0 Å². The van der Waals surface area contributed by atoms with Gasteiger partial charge < -0.3 is 20.1 Å². The summed E-state index contributed by atoms with van der Waals surface area (Å²) in [6.45, 7) is 3.54. The standard InChI is InChI=1S/C21H20N2O4S.Na/c1-21(2)16(20(26)27)23-18(25)15(19(23)28-21)22-17(24)14-11-7-6-10-13(14)12-8-4-3-5-9-12;/h3-11,15-16,19H,1-2H3,(H,22,24)(H,26,27);/q;+1/p-1/t15?,16-,19+;/m0./s1. The Morgan fingerprint density at radius 1 is 1.07 bits per heavy atom. The molecule has 0 aromatic heterocycles. The number of fused-ring (bicyclic) bond motifs is 1. The van der Waals surface area contributed by atoms with Crippen LogP contribution in [0.15, 0.2) is 54.6 Å². The Labute approximate surface area is 195 Å². The maximum Gasteiger partial charge on any atom is 1.00 e. The molecule has 2 heterocycles. The van der Waals surface area contributed by atoms with Crippen molar-refractivity contribution < 1.29 is 49.0 Å². The Morgan fingerprint density at radius 3 is 2.34 bits per heavy atom. The van der Waals surface area contributed by atoms with Crippen molar-refractivity contribution in [2.45, 2.75) is 36.1 Å². The van der Waals surface area contributed by atoms with Crippen LogP contribution in [0, 0.1) is 0 Å². The number of β-lactam (4-membered cyclic amide) rings is 1. The van der Waals surface area contributed by atoms with Gasteiger partial charge in [0.1, 0.15) is 11.4 Å². The van der Waals surface area contributed by atoms with Crippen molar-refractivity contribution in [1.29, 1.82) is 0 Å². The Kier molecular flexibility index (Phi) is 6.15. The summed E-state index contributed by atoms with van der Waals surface area (Å²) in [5, 5.41) is 13.9. The molecule has 2 aromatic carbocycles. The van der Waals surface area contributed by atoms with Crippen molar-refractivity contribution in [2.75, 3.05) is 0 Å². The molecule has 0 saturated carbocycles. The zero-order valence-corrected chi connectivity index (χ0v) is 19.2. The van der Waals surface area contributed by atoms with E-state index in [1.807, 2.05) is 42.5 Å². The van der Waals surface area contributed by atoms with Gasteiger partial charge in [-0.3, -0.25) is 9.59 Å². The number of benzene rings is 2. The average Bonchev–Trinajstić information content (AvgIpc) is 2.94. The summed E-state index contributed by atoms with van der Waals surface area (Å²) < 4.78 is -0.680. The minimum Gasteiger partial charge on any atom is -0.548 e. The van der Waals surface area contributed by atoms with E-state index in [2.05, 4.69) is 5.32 Å². The number of nitrogens with zero attached hydrogens (tertiary/aromatic N) is 1. The first-order chi connectivity index (χ1) is 13.3. The molecule has 0 radical (unpaired) electrons. The van der Waals surface area contributed by atoms with Crippen molar-refractivity contribution in [3.05, 3.63) is 60.2 Å². The number of carboxylic acid groups (broad SMARTS) is 1. The molecule has 144 valence electrons. The molecule has 6 nitrogen and oxygen atoms in total. The van der Waals surface area contributed by atoms with Gasteiger partial charge in [0.15, 0.2) is 0 Å². The van der Waals surface area contributed by atoms with Crippen LogP contribution >= 0.6 is 11.8 Å². The third kappa shape index (κ3) is 3.72. The van der Waals surface area contributed by atoms with E-state index in [4.69, 9.17) is 0 Å². The number of carbonyl (C=O) groups is 3. The molecule has 3 atom stereocenters. The van der Waals surface area contributed by atoms with Crippen molar-refractivity contribution in [2.24, 2.45) is 0 Å². The molecular weight excluding hydrogens is 399 g/mol. The van der Waals surface area contributed by atoms with Crippen LogP contribution in [0.25, 0.3) is 11.1 Å². The number of aliphatic carboxylic acids is 1. The van der Waals surface area contributed by atoms with E-state index in [9.17, 15) is 19.5 Å². The van der Waals surface area contributed by atoms with Crippen LogP contribution < -0.4 is 40.0 Å². The van der Waals surface area contributed by atoms with Gasteiger partial charge in [0.2, 0.25) is 5.91 Å². The molecular formula is C21H19N2NaO4S. The number of hydrogen-bond acceptors (Lipinski definition) is 5. The van der Waals surface area contributed by atoms with Crippen LogP contribution in [0.4, 0.5) is 0 Å². The van der Waals surface area contributed by atoms with Crippen molar-refractivity contribution in [1.82, 2.24) is 10.2 Å². The number of thioether (sulfide) groups is 1. The molecule has 2 aliphatic heterocycles. The van der Waals surface area contributed by atoms with Gasteiger partial charge in [-0.1, -0.05) is 48.5 Å². The van der Waals surface area contributed by atoms with E-state index < -0.39 is 28.2 Å². The molecule has 0 bridgehead atoms. The monoisotopic (exact) mass is 418 g/mol. The van der Waals surface area contributed by atoms with Crippen molar-refractivity contribution in [3.8, 4) is 11.1 Å². The van der Waals surface area contributed by atoms with E-state index in [0.29, 0.717) is 5.56 Å². The predicted molar refractivity (Wildman–Crippen MR) is 104 cm³/mol. The minimum atomic E-state index is -1.27. The van der Waals surface area contributed by atoms with E-state index >= 15 is 0 Å². The van der Waals surface area contributed by atoms with E-state index in [-0.39, 0.29) is 41.4 Å². The topological polar surface area (TPSA) is 89.5 Å². The molecule has 1 N–H and O–H groups in total. The second-order valence-electron chi connectivity index (χ2n) is 7.44. The van der Waals surface area contributed by atoms with Gasteiger partial charge in [0.25, 0.3) is 5.91 Å². The smallest absolute Gasteiger partial charge is 0.548 e. The van der Waals surface area contributed by atoms with Crippen LogP contribution in [-0.4, -0.2) is 44.9 Å². The number of nitrogens with one attached hydrogen (secondary N) is 1. The first kappa shape index (κ1) is 21.9. The summed E-state index contributed by atoms with van der Waals surface area (Å²) in [5.74, 6) is -2.01. The first-order valence-corrected chi connectivity index (χ1v) is 9.85.